The summed E-state index contributed by atoms with van der Waals surface area (Å²) >= 11 is 0. The zero-order valence-electron chi connectivity index (χ0n) is 24.4. The molecule has 0 radical (unpaired) electrons. The smallest absolute Gasteiger partial charge is 0.309 e. The van der Waals surface area contributed by atoms with Crippen molar-refractivity contribution in [2.75, 3.05) is 0 Å². The summed E-state index contributed by atoms with van der Waals surface area (Å²) in [5.41, 5.74) is 0.548. The maximum Gasteiger partial charge on any atom is 0.309 e. The first-order valence-electron chi connectivity index (χ1n) is 15.8. The molecule has 0 heterocycles. The fourth-order valence-electron chi connectivity index (χ4n) is 5.87. The molecule has 1 aromatic carbocycles. The first-order chi connectivity index (χ1) is 17.5. The quantitative estimate of drug-likeness (QED) is 0.135. The Morgan fingerprint density at radius 1 is 0.694 bits per heavy atom. The van der Waals surface area contributed by atoms with Gasteiger partial charge in [0.25, 0.3) is 0 Å². The highest BCUT2D eigenvalue weighted by molar-refractivity contribution is 5.75. The van der Waals surface area contributed by atoms with E-state index in [2.05, 4.69) is 32.9 Å². The second-order valence-electron chi connectivity index (χ2n) is 11.8. The van der Waals surface area contributed by atoms with Crippen molar-refractivity contribution in [2.24, 2.45) is 11.3 Å². The topological polar surface area (TPSA) is 37.3 Å². The van der Waals surface area contributed by atoms with Gasteiger partial charge in [0, 0.05) is 0 Å². The molecule has 0 saturated heterocycles. The summed E-state index contributed by atoms with van der Waals surface area (Å²) < 4.78 is 0. The number of carboxylic acid groups (broad SMARTS) is 1. The number of rotatable bonds is 25. The minimum absolute atomic E-state index is 0.466. The van der Waals surface area contributed by atoms with Crippen LogP contribution in [-0.4, -0.2) is 11.1 Å². The van der Waals surface area contributed by atoms with Gasteiger partial charge in [-0.05, 0) is 30.7 Å². The third-order valence-electron chi connectivity index (χ3n) is 8.14. The standard InChI is InChI=1S/C34H60O2/c1-4-6-8-10-12-14-15-16-18-21-25-31(3)29-34(33(35)36,30-32-26-22-20-23-27-32)28-24-19-17-13-11-9-7-5-2/h20,22-23,26-27,31H,4-19,21,24-25,28-30H2,1-3H3,(H,35,36). The SMILES string of the molecule is CCCCCCCCCCCCC(C)CC(CCCCCCCCCC)(Cc1ccccc1)C(=O)O. The van der Waals surface area contributed by atoms with Gasteiger partial charge >= 0.3 is 5.97 Å². The third-order valence-corrected chi connectivity index (χ3v) is 8.14. The minimum Gasteiger partial charge on any atom is -0.481 e. The van der Waals surface area contributed by atoms with Gasteiger partial charge in [0.2, 0.25) is 0 Å². The molecule has 0 aliphatic heterocycles. The molecule has 208 valence electrons. The van der Waals surface area contributed by atoms with Crippen LogP contribution in [0.25, 0.3) is 0 Å². The van der Waals surface area contributed by atoms with Crippen molar-refractivity contribution in [2.45, 2.75) is 162 Å². The molecule has 0 aliphatic rings. The molecule has 0 amide bonds. The number of aliphatic carboxylic acids is 1. The van der Waals surface area contributed by atoms with Crippen LogP contribution in [0.2, 0.25) is 0 Å². The molecule has 1 N–H and O–H groups in total. The third kappa shape index (κ3) is 15.7. The van der Waals surface area contributed by atoms with E-state index in [0.29, 0.717) is 12.3 Å². The van der Waals surface area contributed by atoms with E-state index < -0.39 is 11.4 Å². The van der Waals surface area contributed by atoms with Crippen LogP contribution in [-0.2, 0) is 11.2 Å². The van der Waals surface area contributed by atoms with Gasteiger partial charge in [0.15, 0.2) is 0 Å². The van der Waals surface area contributed by atoms with Crippen LogP contribution < -0.4 is 0 Å². The Morgan fingerprint density at radius 2 is 1.14 bits per heavy atom. The zero-order chi connectivity index (χ0) is 26.3. The Bertz CT molecular complexity index is 625. The first-order valence-corrected chi connectivity index (χ1v) is 15.8. The van der Waals surface area contributed by atoms with Gasteiger partial charge in [0.05, 0.1) is 5.41 Å². The van der Waals surface area contributed by atoms with Gasteiger partial charge in [0.1, 0.15) is 0 Å². The van der Waals surface area contributed by atoms with E-state index in [-0.39, 0.29) is 0 Å². The lowest BCUT2D eigenvalue weighted by Crippen LogP contribution is -2.35. The second kappa shape index (κ2) is 21.7. The van der Waals surface area contributed by atoms with Crippen molar-refractivity contribution < 1.29 is 9.90 Å². The van der Waals surface area contributed by atoms with Crippen molar-refractivity contribution in [3.63, 3.8) is 0 Å². The van der Waals surface area contributed by atoms with Crippen molar-refractivity contribution in [3.8, 4) is 0 Å². The summed E-state index contributed by atoms with van der Waals surface area (Å²) in [5, 5.41) is 10.5. The molecule has 0 aliphatic carbocycles. The summed E-state index contributed by atoms with van der Waals surface area (Å²) in [6.45, 7) is 6.83. The Kier molecular flexibility index (Phi) is 19.8. The molecule has 0 aromatic heterocycles. The molecule has 0 spiro atoms. The molecule has 2 unspecified atom stereocenters. The Balaban J connectivity index is 2.48. The molecule has 2 atom stereocenters. The van der Waals surface area contributed by atoms with Crippen LogP contribution in [0.3, 0.4) is 0 Å². The average molecular weight is 501 g/mol. The van der Waals surface area contributed by atoms with Crippen LogP contribution in [0, 0.1) is 11.3 Å². The number of carbonyl (C=O) groups is 1. The molecule has 0 bridgehead atoms. The van der Waals surface area contributed by atoms with Crippen LogP contribution in [0.1, 0.15) is 161 Å². The normalized spacial score (nSPS) is 14.0. The molecular weight excluding hydrogens is 440 g/mol. The first kappa shape index (κ1) is 32.7. The monoisotopic (exact) mass is 500 g/mol. The Morgan fingerprint density at radius 3 is 1.61 bits per heavy atom. The van der Waals surface area contributed by atoms with E-state index in [4.69, 9.17) is 0 Å². The number of hydrogen-bond donors (Lipinski definition) is 1. The van der Waals surface area contributed by atoms with Crippen molar-refractivity contribution in [3.05, 3.63) is 35.9 Å². The van der Waals surface area contributed by atoms with Gasteiger partial charge in [-0.25, -0.2) is 0 Å². The fraction of sp³-hybridized carbons (Fsp3) is 0.794. The van der Waals surface area contributed by atoms with Gasteiger partial charge < -0.3 is 5.11 Å². The average Bonchev–Trinajstić information content (AvgIpc) is 2.87. The lowest BCUT2D eigenvalue weighted by atomic mass is 9.71. The summed E-state index contributed by atoms with van der Waals surface area (Å²) in [7, 11) is 0. The van der Waals surface area contributed by atoms with Gasteiger partial charge in [-0.1, -0.05) is 173 Å². The number of hydrogen-bond acceptors (Lipinski definition) is 1. The maximum absolute atomic E-state index is 12.7. The minimum atomic E-state index is -0.624. The molecule has 1 aromatic rings. The molecule has 36 heavy (non-hydrogen) atoms. The van der Waals surface area contributed by atoms with Gasteiger partial charge in [-0.3, -0.25) is 4.79 Å². The fourth-order valence-corrected chi connectivity index (χ4v) is 5.87. The van der Waals surface area contributed by atoms with Crippen LogP contribution in [0.4, 0.5) is 0 Å². The van der Waals surface area contributed by atoms with E-state index in [1.807, 2.05) is 18.2 Å². The number of benzene rings is 1. The predicted octanol–water partition coefficient (Wildman–Crippen LogP) is 11.2. The molecule has 0 saturated carbocycles. The molecule has 1 rings (SSSR count). The van der Waals surface area contributed by atoms with E-state index >= 15 is 0 Å². The largest absolute Gasteiger partial charge is 0.481 e. The predicted molar refractivity (Wildman–Crippen MR) is 158 cm³/mol. The van der Waals surface area contributed by atoms with Crippen LogP contribution >= 0.6 is 0 Å². The maximum atomic E-state index is 12.7. The van der Waals surface area contributed by atoms with Crippen molar-refractivity contribution in [1.29, 1.82) is 0 Å². The van der Waals surface area contributed by atoms with E-state index in [0.717, 1.165) is 25.7 Å². The van der Waals surface area contributed by atoms with Crippen molar-refractivity contribution >= 4 is 5.97 Å². The van der Waals surface area contributed by atoms with E-state index in [1.165, 1.54) is 115 Å². The molecular formula is C34H60O2. The Hall–Kier alpha value is -1.31. The second-order valence-corrected chi connectivity index (χ2v) is 11.8. The van der Waals surface area contributed by atoms with E-state index in [9.17, 15) is 9.90 Å². The number of unbranched alkanes of at least 4 members (excludes halogenated alkanes) is 16. The zero-order valence-corrected chi connectivity index (χ0v) is 24.4. The summed E-state index contributed by atoms with van der Waals surface area (Å²) in [6.07, 6.45) is 27.1. The van der Waals surface area contributed by atoms with Crippen LogP contribution in [0.5, 0.6) is 0 Å². The highest BCUT2D eigenvalue weighted by Gasteiger charge is 2.39. The lowest BCUT2D eigenvalue weighted by Gasteiger charge is -2.32. The van der Waals surface area contributed by atoms with Gasteiger partial charge in [-0.2, -0.15) is 0 Å². The highest BCUT2D eigenvalue weighted by atomic mass is 16.4. The summed E-state index contributed by atoms with van der Waals surface area (Å²) in [6, 6.07) is 10.3. The molecule has 0 fully saturated rings. The molecule has 2 nitrogen and oxygen atoms in total. The number of carboxylic acids is 1. The molecule has 2 heteroatoms. The van der Waals surface area contributed by atoms with Crippen LogP contribution in [0.15, 0.2) is 30.3 Å². The highest BCUT2D eigenvalue weighted by Crippen LogP contribution is 2.38. The van der Waals surface area contributed by atoms with Crippen molar-refractivity contribution in [1.82, 2.24) is 0 Å². The lowest BCUT2D eigenvalue weighted by molar-refractivity contribution is -0.150. The summed E-state index contributed by atoms with van der Waals surface area (Å²) in [4.78, 5) is 12.7. The van der Waals surface area contributed by atoms with Gasteiger partial charge in [-0.15, -0.1) is 0 Å². The Labute approximate surface area is 225 Å². The summed E-state index contributed by atoms with van der Waals surface area (Å²) in [5.74, 6) is -0.114. The van der Waals surface area contributed by atoms with E-state index in [1.54, 1.807) is 0 Å².